The first-order chi connectivity index (χ1) is 9.91. The Labute approximate surface area is 122 Å². The summed E-state index contributed by atoms with van der Waals surface area (Å²) in [6.45, 7) is 0.359. The molecular weight excluding hydrogens is 302 g/mol. The van der Waals surface area contributed by atoms with Crippen molar-refractivity contribution in [3.8, 4) is 0 Å². The molecule has 1 fully saturated rings. The summed E-state index contributed by atoms with van der Waals surface area (Å²) in [7, 11) is -0.950. The monoisotopic (exact) mass is 320 g/mol. The summed E-state index contributed by atoms with van der Waals surface area (Å²) in [5.41, 5.74) is -0.277. The van der Waals surface area contributed by atoms with Gasteiger partial charge in [0.1, 0.15) is 10.7 Å². The van der Waals surface area contributed by atoms with Crippen molar-refractivity contribution in [3.05, 3.63) is 29.3 Å². The van der Waals surface area contributed by atoms with E-state index in [4.69, 9.17) is 4.74 Å². The number of sulfonamides is 1. The van der Waals surface area contributed by atoms with Crippen molar-refractivity contribution in [1.82, 2.24) is 9.62 Å². The summed E-state index contributed by atoms with van der Waals surface area (Å²) in [6, 6.07) is 1.95. The Hall–Kier alpha value is -1.09. The second kappa shape index (κ2) is 6.35. The van der Waals surface area contributed by atoms with Crippen molar-refractivity contribution in [2.75, 3.05) is 27.2 Å². The molecule has 0 amide bonds. The van der Waals surface area contributed by atoms with Gasteiger partial charge in [0.15, 0.2) is 5.82 Å². The molecule has 0 bridgehead atoms. The summed E-state index contributed by atoms with van der Waals surface area (Å²) >= 11 is 0. The van der Waals surface area contributed by atoms with Crippen LogP contribution in [0.25, 0.3) is 0 Å². The molecule has 0 spiro atoms. The second-order valence-corrected chi connectivity index (χ2v) is 6.78. The Bertz CT molecular complexity index is 622. The van der Waals surface area contributed by atoms with Crippen molar-refractivity contribution in [1.29, 1.82) is 0 Å². The Morgan fingerprint density at radius 2 is 2.14 bits per heavy atom. The maximum atomic E-state index is 14.3. The molecule has 1 aliphatic rings. The molecule has 1 aliphatic heterocycles. The lowest BCUT2D eigenvalue weighted by molar-refractivity contribution is 0.115. The van der Waals surface area contributed by atoms with E-state index >= 15 is 0 Å². The highest BCUT2D eigenvalue weighted by Crippen LogP contribution is 2.27. The normalized spacial score (nSPS) is 20.1. The van der Waals surface area contributed by atoms with E-state index in [0.717, 1.165) is 12.1 Å². The molecule has 5 nitrogen and oxygen atoms in total. The fraction of sp³-hybridized carbons (Fsp3) is 0.538. The fourth-order valence-corrected chi connectivity index (χ4v) is 3.94. The molecule has 1 unspecified atom stereocenters. The molecular formula is C13H18F2N2O3S. The van der Waals surface area contributed by atoms with Crippen molar-refractivity contribution in [2.45, 2.75) is 24.0 Å². The van der Waals surface area contributed by atoms with E-state index < -0.39 is 26.6 Å². The molecule has 0 aliphatic carbocycles. The Morgan fingerprint density at radius 1 is 1.43 bits per heavy atom. The van der Waals surface area contributed by atoms with Crippen molar-refractivity contribution >= 4 is 10.0 Å². The van der Waals surface area contributed by atoms with Crippen molar-refractivity contribution in [2.24, 2.45) is 0 Å². The van der Waals surface area contributed by atoms with Gasteiger partial charge in [-0.25, -0.2) is 17.2 Å². The third kappa shape index (κ3) is 3.08. The maximum absolute atomic E-state index is 14.3. The van der Waals surface area contributed by atoms with Gasteiger partial charge in [-0.3, -0.25) is 0 Å². The smallest absolute Gasteiger partial charge is 0.246 e. The largest absolute Gasteiger partial charge is 0.380 e. The van der Waals surface area contributed by atoms with Gasteiger partial charge in [-0.2, -0.15) is 4.31 Å². The first-order valence-corrected chi connectivity index (χ1v) is 8.00. The highest BCUT2D eigenvalue weighted by atomic mass is 32.2. The third-order valence-electron chi connectivity index (χ3n) is 3.56. The average molecular weight is 320 g/mol. The zero-order chi connectivity index (χ0) is 15.6. The molecule has 21 heavy (non-hydrogen) atoms. The molecule has 1 saturated heterocycles. The molecule has 0 saturated carbocycles. The van der Waals surface area contributed by atoms with Gasteiger partial charge < -0.3 is 10.1 Å². The van der Waals surface area contributed by atoms with E-state index in [1.165, 1.54) is 18.5 Å². The van der Waals surface area contributed by atoms with E-state index in [0.29, 0.717) is 6.42 Å². The van der Waals surface area contributed by atoms with Crippen LogP contribution in [-0.2, 0) is 21.3 Å². The Balaban J connectivity index is 2.39. The highest BCUT2D eigenvalue weighted by molar-refractivity contribution is 7.89. The van der Waals surface area contributed by atoms with Crippen LogP contribution in [0.3, 0.4) is 0 Å². The molecule has 118 valence electrons. The molecule has 1 N–H and O–H groups in total. The zero-order valence-electron chi connectivity index (χ0n) is 11.9. The zero-order valence-corrected chi connectivity index (χ0v) is 12.7. The Morgan fingerprint density at radius 3 is 2.71 bits per heavy atom. The standard InChI is InChI=1S/C13H18F2N2O3S/c1-16-7-10-11(14)3-4-12(13(10)15)21(18,19)17-6-5-9(8-17)20-2/h3-4,9,16H,5-8H2,1-2H3. The summed E-state index contributed by atoms with van der Waals surface area (Å²) in [5.74, 6) is -1.80. The van der Waals surface area contributed by atoms with Crippen LogP contribution in [0.2, 0.25) is 0 Å². The average Bonchev–Trinajstić information content (AvgIpc) is 2.92. The van der Waals surface area contributed by atoms with E-state index in [9.17, 15) is 17.2 Å². The summed E-state index contributed by atoms with van der Waals surface area (Å²) in [5, 5.41) is 2.62. The fourth-order valence-electron chi connectivity index (χ4n) is 2.36. The SMILES string of the molecule is CNCc1c(F)ccc(S(=O)(=O)N2CCC(OC)C2)c1F. The second-order valence-electron chi connectivity index (χ2n) is 4.88. The van der Waals surface area contributed by atoms with Gasteiger partial charge in [0.2, 0.25) is 10.0 Å². The molecule has 1 aromatic rings. The number of hydrogen-bond donors (Lipinski definition) is 1. The number of hydrogen-bond acceptors (Lipinski definition) is 4. The highest BCUT2D eigenvalue weighted by Gasteiger charge is 2.35. The minimum absolute atomic E-state index is 0.0816. The predicted octanol–water partition coefficient (Wildman–Crippen LogP) is 1.09. The number of halogens is 2. The molecule has 8 heteroatoms. The Kier molecular flexibility index (Phi) is 4.92. The lowest BCUT2D eigenvalue weighted by Gasteiger charge is -2.18. The molecule has 0 aromatic heterocycles. The van der Waals surface area contributed by atoms with Crippen LogP contribution in [0.1, 0.15) is 12.0 Å². The van der Waals surface area contributed by atoms with E-state index in [2.05, 4.69) is 5.32 Å². The van der Waals surface area contributed by atoms with Gasteiger partial charge in [-0.1, -0.05) is 0 Å². The number of benzene rings is 1. The van der Waals surface area contributed by atoms with Crippen LogP contribution in [0, 0.1) is 11.6 Å². The van der Waals surface area contributed by atoms with Crippen LogP contribution in [0.15, 0.2) is 17.0 Å². The number of nitrogens with one attached hydrogen (secondary N) is 1. The third-order valence-corrected chi connectivity index (χ3v) is 5.45. The minimum atomic E-state index is -3.99. The number of methoxy groups -OCH3 is 1. The lowest BCUT2D eigenvalue weighted by atomic mass is 10.2. The molecule has 0 radical (unpaired) electrons. The van der Waals surface area contributed by atoms with Gasteiger partial charge in [-0.15, -0.1) is 0 Å². The predicted molar refractivity (Wildman–Crippen MR) is 73.3 cm³/mol. The van der Waals surface area contributed by atoms with Crippen LogP contribution in [0.5, 0.6) is 0 Å². The van der Waals surface area contributed by atoms with Crippen LogP contribution in [-0.4, -0.2) is 46.1 Å². The number of nitrogens with zero attached hydrogens (tertiary/aromatic N) is 1. The van der Waals surface area contributed by atoms with E-state index in [-0.39, 0.29) is 31.3 Å². The van der Waals surface area contributed by atoms with E-state index in [1.54, 1.807) is 0 Å². The van der Waals surface area contributed by atoms with Crippen LogP contribution < -0.4 is 5.32 Å². The maximum Gasteiger partial charge on any atom is 0.246 e. The molecule has 1 atom stereocenters. The molecule has 1 heterocycles. The van der Waals surface area contributed by atoms with Crippen molar-refractivity contribution < 1.29 is 21.9 Å². The van der Waals surface area contributed by atoms with Gasteiger partial charge in [0.05, 0.1) is 6.10 Å². The number of ether oxygens (including phenoxy) is 1. The minimum Gasteiger partial charge on any atom is -0.380 e. The van der Waals surface area contributed by atoms with Gasteiger partial charge >= 0.3 is 0 Å². The van der Waals surface area contributed by atoms with Gasteiger partial charge in [0, 0.05) is 32.3 Å². The van der Waals surface area contributed by atoms with Crippen LogP contribution in [0.4, 0.5) is 8.78 Å². The number of rotatable bonds is 5. The summed E-state index contributed by atoms with van der Waals surface area (Å²) in [4.78, 5) is -0.495. The quantitative estimate of drug-likeness (QED) is 0.882. The van der Waals surface area contributed by atoms with Gasteiger partial charge in [0.25, 0.3) is 0 Å². The first kappa shape index (κ1) is 16.3. The topological polar surface area (TPSA) is 58.6 Å². The van der Waals surface area contributed by atoms with Crippen LogP contribution >= 0.6 is 0 Å². The van der Waals surface area contributed by atoms with Gasteiger partial charge in [-0.05, 0) is 25.6 Å². The molecule has 1 aromatic carbocycles. The summed E-state index contributed by atoms with van der Waals surface area (Å²) in [6.07, 6.45) is 0.363. The molecule has 2 rings (SSSR count). The summed E-state index contributed by atoms with van der Waals surface area (Å²) < 4.78 is 59.1. The first-order valence-electron chi connectivity index (χ1n) is 6.56. The lowest BCUT2D eigenvalue weighted by Crippen LogP contribution is -2.31. The van der Waals surface area contributed by atoms with E-state index in [1.807, 2.05) is 0 Å². The van der Waals surface area contributed by atoms with Crippen molar-refractivity contribution in [3.63, 3.8) is 0 Å².